The highest BCUT2D eigenvalue weighted by Gasteiger charge is 2.15. The molecule has 0 saturated heterocycles. The fraction of sp³-hybridized carbons (Fsp3) is 0.136. The van der Waals surface area contributed by atoms with Crippen molar-refractivity contribution in [2.75, 3.05) is 12.4 Å². The number of fused-ring (bicyclic) bond motifs is 1. The van der Waals surface area contributed by atoms with Crippen LogP contribution in [0.2, 0.25) is 5.02 Å². The van der Waals surface area contributed by atoms with Gasteiger partial charge in [0.2, 0.25) is 0 Å². The summed E-state index contributed by atoms with van der Waals surface area (Å²) in [5.74, 6) is 0.488. The minimum absolute atomic E-state index is 0.0574. The molecule has 0 aliphatic carbocycles. The number of aryl methyl sites for hydroxylation is 1. The molecule has 0 aliphatic heterocycles. The fourth-order valence-electron chi connectivity index (χ4n) is 3.03. The highest BCUT2D eigenvalue weighted by molar-refractivity contribution is 7.16. The summed E-state index contributed by atoms with van der Waals surface area (Å²) >= 11 is 7.55. The number of ether oxygens (including phenoxy) is 2. The Hall–Kier alpha value is -3.36. The Kier molecular flexibility index (Phi) is 5.92. The van der Waals surface area contributed by atoms with Crippen LogP contribution in [0.1, 0.15) is 20.9 Å². The summed E-state index contributed by atoms with van der Waals surface area (Å²) in [7, 11) is 1.50. The summed E-state index contributed by atoms with van der Waals surface area (Å²) in [6.45, 7) is 1.97. The molecule has 158 valence electrons. The minimum atomic E-state index is -0.364. The topological polar surface area (TPSA) is 81.9 Å². The molecule has 0 radical (unpaired) electrons. The first kappa shape index (κ1) is 20.9. The molecule has 2 aromatic carbocycles. The number of benzene rings is 2. The largest absolute Gasteiger partial charge is 0.496 e. The van der Waals surface area contributed by atoms with Gasteiger partial charge in [0.1, 0.15) is 18.1 Å². The predicted octanol–water partition coefficient (Wildman–Crippen LogP) is 4.56. The van der Waals surface area contributed by atoms with Crippen LogP contribution in [0.4, 0.5) is 5.69 Å². The van der Waals surface area contributed by atoms with Crippen molar-refractivity contribution < 1.29 is 14.3 Å². The Morgan fingerprint density at radius 1 is 1.19 bits per heavy atom. The molecule has 1 amide bonds. The molecule has 0 saturated carbocycles. The molecular weight excluding hydrogens is 438 g/mol. The van der Waals surface area contributed by atoms with Gasteiger partial charge in [0, 0.05) is 22.2 Å². The molecule has 7 nitrogen and oxygen atoms in total. The molecule has 0 fully saturated rings. The van der Waals surface area contributed by atoms with Crippen LogP contribution >= 0.6 is 22.9 Å². The Balaban J connectivity index is 1.57. The lowest BCUT2D eigenvalue weighted by Crippen LogP contribution is -2.15. The van der Waals surface area contributed by atoms with Crippen LogP contribution < -0.4 is 20.3 Å². The molecule has 31 heavy (non-hydrogen) atoms. The van der Waals surface area contributed by atoms with Crippen LogP contribution in [0.3, 0.4) is 0 Å². The van der Waals surface area contributed by atoms with E-state index in [1.807, 2.05) is 6.92 Å². The molecule has 9 heteroatoms. The van der Waals surface area contributed by atoms with E-state index in [9.17, 15) is 9.59 Å². The number of halogens is 1. The summed E-state index contributed by atoms with van der Waals surface area (Å²) in [4.78, 5) is 31.1. The number of rotatable bonds is 6. The van der Waals surface area contributed by atoms with Gasteiger partial charge in [-0.2, -0.15) is 0 Å². The molecule has 0 unspecified atom stereocenters. The molecule has 4 rings (SSSR count). The van der Waals surface area contributed by atoms with E-state index in [0.29, 0.717) is 38.4 Å². The van der Waals surface area contributed by atoms with E-state index in [4.69, 9.17) is 21.1 Å². The molecule has 2 heterocycles. The van der Waals surface area contributed by atoms with E-state index < -0.39 is 0 Å². The first-order valence-corrected chi connectivity index (χ1v) is 10.5. The zero-order valence-electron chi connectivity index (χ0n) is 16.7. The number of nitrogens with zero attached hydrogens (tertiary/aromatic N) is 2. The Morgan fingerprint density at radius 3 is 2.81 bits per heavy atom. The van der Waals surface area contributed by atoms with E-state index >= 15 is 0 Å². The van der Waals surface area contributed by atoms with Crippen LogP contribution in [0.15, 0.2) is 59.5 Å². The third kappa shape index (κ3) is 4.55. The van der Waals surface area contributed by atoms with Gasteiger partial charge < -0.3 is 14.8 Å². The van der Waals surface area contributed by atoms with E-state index in [2.05, 4.69) is 10.3 Å². The molecule has 0 aliphatic rings. The standard InChI is InChI=1S/C22H18ClN3O4S/c1-13-11-26-20(27)10-15(24-22(26)31-13)12-30-19-8-7-14(23)9-17(19)25-21(28)16-5-3-4-6-18(16)29-2/h3-11H,12H2,1-2H3,(H,25,28). The van der Waals surface area contributed by atoms with E-state index in [0.717, 1.165) is 4.88 Å². The average molecular weight is 456 g/mol. The summed E-state index contributed by atoms with van der Waals surface area (Å²) in [6, 6.07) is 13.2. The number of hydrogen-bond donors (Lipinski definition) is 1. The predicted molar refractivity (Wildman–Crippen MR) is 121 cm³/mol. The third-order valence-corrected chi connectivity index (χ3v) is 5.59. The summed E-state index contributed by atoms with van der Waals surface area (Å²) in [5, 5.41) is 3.25. The van der Waals surface area contributed by atoms with Gasteiger partial charge >= 0.3 is 0 Å². The minimum Gasteiger partial charge on any atom is -0.496 e. The first-order chi connectivity index (χ1) is 14.9. The lowest BCUT2D eigenvalue weighted by atomic mass is 10.2. The number of aromatic nitrogens is 2. The van der Waals surface area contributed by atoms with Crippen molar-refractivity contribution in [3.05, 3.63) is 86.2 Å². The van der Waals surface area contributed by atoms with Crippen molar-refractivity contribution >= 4 is 39.5 Å². The van der Waals surface area contributed by atoms with Gasteiger partial charge in [-0.05, 0) is 37.3 Å². The number of anilines is 1. The van der Waals surface area contributed by atoms with Gasteiger partial charge in [0.25, 0.3) is 11.5 Å². The van der Waals surface area contributed by atoms with Crippen molar-refractivity contribution in [3.8, 4) is 11.5 Å². The molecule has 1 N–H and O–H groups in total. The molecule has 2 aromatic heterocycles. The fourth-order valence-corrected chi connectivity index (χ4v) is 4.05. The smallest absolute Gasteiger partial charge is 0.259 e. The lowest BCUT2D eigenvalue weighted by Gasteiger charge is -2.14. The number of carbonyl (C=O) groups is 1. The zero-order valence-corrected chi connectivity index (χ0v) is 18.3. The van der Waals surface area contributed by atoms with E-state index in [1.54, 1.807) is 48.7 Å². The summed E-state index contributed by atoms with van der Waals surface area (Å²) < 4.78 is 12.6. The van der Waals surface area contributed by atoms with Gasteiger partial charge in [0.15, 0.2) is 4.96 Å². The highest BCUT2D eigenvalue weighted by Crippen LogP contribution is 2.30. The quantitative estimate of drug-likeness (QED) is 0.461. The van der Waals surface area contributed by atoms with Crippen LogP contribution in [0.25, 0.3) is 4.96 Å². The van der Waals surface area contributed by atoms with Gasteiger partial charge in [-0.3, -0.25) is 14.0 Å². The number of carbonyl (C=O) groups excluding carboxylic acids is 1. The maximum atomic E-state index is 12.8. The highest BCUT2D eigenvalue weighted by atomic mass is 35.5. The third-order valence-electron chi connectivity index (χ3n) is 4.45. The number of amides is 1. The SMILES string of the molecule is COc1ccccc1C(=O)Nc1cc(Cl)ccc1OCc1cc(=O)n2cc(C)sc2n1. The number of methoxy groups -OCH3 is 1. The number of thiazole rings is 1. The molecule has 4 aromatic rings. The van der Waals surface area contributed by atoms with Crippen molar-refractivity contribution in [3.63, 3.8) is 0 Å². The number of para-hydroxylation sites is 1. The second kappa shape index (κ2) is 8.79. The Morgan fingerprint density at radius 2 is 2.00 bits per heavy atom. The van der Waals surface area contributed by atoms with Crippen molar-refractivity contribution in [1.29, 1.82) is 0 Å². The van der Waals surface area contributed by atoms with E-state index in [1.165, 1.54) is 28.9 Å². The van der Waals surface area contributed by atoms with Crippen molar-refractivity contribution in [2.24, 2.45) is 0 Å². The Bertz CT molecular complexity index is 1330. The molecule has 0 spiro atoms. The van der Waals surface area contributed by atoms with Gasteiger partial charge in [-0.1, -0.05) is 23.7 Å². The van der Waals surface area contributed by atoms with Gasteiger partial charge in [0.05, 0.1) is 24.1 Å². The second-order valence-corrected chi connectivity index (χ2v) is 8.31. The second-order valence-electron chi connectivity index (χ2n) is 6.66. The average Bonchev–Trinajstić information content (AvgIpc) is 3.14. The maximum Gasteiger partial charge on any atom is 0.259 e. The molecular formula is C22H18ClN3O4S. The summed E-state index contributed by atoms with van der Waals surface area (Å²) in [6.07, 6.45) is 1.75. The maximum absolute atomic E-state index is 12.8. The van der Waals surface area contributed by atoms with Gasteiger partial charge in [-0.25, -0.2) is 4.98 Å². The zero-order chi connectivity index (χ0) is 22.0. The first-order valence-electron chi connectivity index (χ1n) is 9.30. The molecule has 0 bridgehead atoms. The van der Waals surface area contributed by atoms with Crippen molar-refractivity contribution in [1.82, 2.24) is 9.38 Å². The number of nitrogens with one attached hydrogen (secondary N) is 1. The van der Waals surface area contributed by atoms with Gasteiger partial charge in [-0.15, -0.1) is 11.3 Å². The summed E-state index contributed by atoms with van der Waals surface area (Å²) in [5.41, 5.74) is 1.09. The van der Waals surface area contributed by atoms with Crippen molar-refractivity contribution in [2.45, 2.75) is 13.5 Å². The monoisotopic (exact) mass is 455 g/mol. The Labute approximate surface area is 186 Å². The van der Waals surface area contributed by atoms with Crippen LogP contribution in [-0.4, -0.2) is 22.4 Å². The van der Waals surface area contributed by atoms with Crippen LogP contribution in [0, 0.1) is 6.92 Å². The number of hydrogen-bond acceptors (Lipinski definition) is 6. The molecule has 0 atom stereocenters. The normalized spacial score (nSPS) is 10.8. The lowest BCUT2D eigenvalue weighted by molar-refractivity contribution is 0.102. The van der Waals surface area contributed by atoms with Crippen LogP contribution in [-0.2, 0) is 6.61 Å². The van der Waals surface area contributed by atoms with Crippen LogP contribution in [0.5, 0.6) is 11.5 Å². The van der Waals surface area contributed by atoms with E-state index in [-0.39, 0.29) is 18.1 Å².